The molecule has 5 nitrogen and oxygen atoms in total. The molecule has 0 saturated carbocycles. The van der Waals surface area contributed by atoms with Crippen molar-refractivity contribution < 1.29 is 0 Å². The molecule has 114 valence electrons. The summed E-state index contributed by atoms with van der Waals surface area (Å²) in [5, 5.41) is 0. The molecule has 0 aliphatic rings. The standard InChI is InChI=1S/C15H27N3O2/c1-2-3-4-5-6-7-8-11-17-12-9-14(19)18(13-10-16)15(17)20/h9,12H,2-8,10-11,13,16H2,1H3. The fourth-order valence-corrected chi connectivity index (χ4v) is 2.30. The second-order valence-electron chi connectivity index (χ2n) is 5.19. The van der Waals surface area contributed by atoms with Gasteiger partial charge < -0.3 is 10.3 Å². The van der Waals surface area contributed by atoms with Crippen LogP contribution in [0, 0.1) is 0 Å². The number of hydrogen-bond donors (Lipinski definition) is 1. The van der Waals surface area contributed by atoms with E-state index in [-0.39, 0.29) is 17.8 Å². The predicted octanol–water partition coefficient (Wildman–Crippen LogP) is 1.72. The van der Waals surface area contributed by atoms with E-state index in [1.807, 2.05) is 0 Å². The minimum Gasteiger partial charge on any atom is -0.329 e. The highest BCUT2D eigenvalue weighted by molar-refractivity contribution is 4.86. The van der Waals surface area contributed by atoms with Gasteiger partial charge in [0.2, 0.25) is 0 Å². The second-order valence-corrected chi connectivity index (χ2v) is 5.19. The molecule has 2 N–H and O–H groups in total. The van der Waals surface area contributed by atoms with E-state index < -0.39 is 0 Å². The first-order valence-corrected chi connectivity index (χ1v) is 7.71. The molecule has 0 fully saturated rings. The summed E-state index contributed by atoms with van der Waals surface area (Å²) < 4.78 is 2.82. The van der Waals surface area contributed by atoms with Gasteiger partial charge in [0, 0.05) is 31.9 Å². The van der Waals surface area contributed by atoms with Crippen molar-refractivity contribution in [2.24, 2.45) is 5.73 Å². The minimum absolute atomic E-state index is 0.242. The molecular formula is C15H27N3O2. The molecule has 0 saturated heterocycles. The highest BCUT2D eigenvalue weighted by Crippen LogP contribution is 2.07. The maximum atomic E-state index is 12.1. The van der Waals surface area contributed by atoms with Gasteiger partial charge in [0.05, 0.1) is 0 Å². The van der Waals surface area contributed by atoms with Crippen LogP contribution in [0.25, 0.3) is 0 Å². The zero-order valence-corrected chi connectivity index (χ0v) is 12.5. The Morgan fingerprint density at radius 2 is 1.65 bits per heavy atom. The van der Waals surface area contributed by atoms with E-state index in [1.165, 1.54) is 42.7 Å². The molecular weight excluding hydrogens is 254 g/mol. The van der Waals surface area contributed by atoms with Crippen LogP contribution in [-0.2, 0) is 13.1 Å². The van der Waals surface area contributed by atoms with Crippen LogP contribution in [-0.4, -0.2) is 15.7 Å². The normalized spacial score (nSPS) is 10.9. The lowest BCUT2D eigenvalue weighted by Gasteiger charge is -2.09. The van der Waals surface area contributed by atoms with Crippen molar-refractivity contribution >= 4 is 0 Å². The van der Waals surface area contributed by atoms with Crippen LogP contribution in [0.3, 0.4) is 0 Å². The molecule has 1 aromatic rings. The van der Waals surface area contributed by atoms with Gasteiger partial charge in [-0.05, 0) is 6.42 Å². The Morgan fingerprint density at radius 1 is 1.00 bits per heavy atom. The van der Waals surface area contributed by atoms with E-state index in [4.69, 9.17) is 5.73 Å². The summed E-state index contributed by atoms with van der Waals surface area (Å²) in [4.78, 5) is 23.6. The van der Waals surface area contributed by atoms with Gasteiger partial charge in [-0.3, -0.25) is 9.36 Å². The number of aromatic nitrogens is 2. The maximum Gasteiger partial charge on any atom is 0.331 e. The van der Waals surface area contributed by atoms with Crippen molar-refractivity contribution in [3.05, 3.63) is 33.1 Å². The van der Waals surface area contributed by atoms with E-state index in [0.717, 1.165) is 12.8 Å². The van der Waals surface area contributed by atoms with Crippen molar-refractivity contribution in [1.82, 2.24) is 9.13 Å². The van der Waals surface area contributed by atoms with Crippen molar-refractivity contribution in [3.63, 3.8) is 0 Å². The van der Waals surface area contributed by atoms with Crippen molar-refractivity contribution in [2.45, 2.75) is 65.0 Å². The van der Waals surface area contributed by atoms with Gasteiger partial charge in [-0.25, -0.2) is 4.79 Å². The molecule has 1 rings (SSSR count). The lowest BCUT2D eigenvalue weighted by atomic mass is 10.1. The van der Waals surface area contributed by atoms with E-state index >= 15 is 0 Å². The quantitative estimate of drug-likeness (QED) is 0.664. The minimum atomic E-state index is -0.267. The van der Waals surface area contributed by atoms with Crippen LogP contribution in [0.15, 0.2) is 21.9 Å². The van der Waals surface area contributed by atoms with Crippen molar-refractivity contribution in [1.29, 1.82) is 0 Å². The first kappa shape index (κ1) is 16.7. The Balaban J connectivity index is 2.43. The topological polar surface area (TPSA) is 70.0 Å². The predicted molar refractivity (Wildman–Crippen MR) is 82.0 cm³/mol. The highest BCUT2D eigenvalue weighted by Gasteiger charge is 2.03. The Bertz CT molecular complexity index is 491. The van der Waals surface area contributed by atoms with Gasteiger partial charge in [-0.2, -0.15) is 0 Å². The van der Waals surface area contributed by atoms with Crippen molar-refractivity contribution in [2.75, 3.05) is 6.54 Å². The van der Waals surface area contributed by atoms with Gasteiger partial charge in [-0.15, -0.1) is 0 Å². The molecule has 20 heavy (non-hydrogen) atoms. The Kier molecular flexibility index (Phi) is 7.95. The molecule has 0 atom stereocenters. The van der Waals surface area contributed by atoms with Gasteiger partial charge in [0.25, 0.3) is 5.56 Å². The summed E-state index contributed by atoms with van der Waals surface area (Å²) in [5.41, 5.74) is 4.91. The number of rotatable bonds is 10. The fraction of sp³-hybridized carbons (Fsp3) is 0.733. The summed E-state index contributed by atoms with van der Waals surface area (Å²) in [7, 11) is 0. The third-order valence-corrected chi connectivity index (χ3v) is 3.49. The number of unbranched alkanes of at least 4 members (excludes halogenated alkanes) is 6. The van der Waals surface area contributed by atoms with Gasteiger partial charge in [0.1, 0.15) is 0 Å². The molecule has 1 aromatic heterocycles. The lowest BCUT2D eigenvalue weighted by Crippen LogP contribution is -2.40. The molecule has 0 unspecified atom stereocenters. The number of nitrogens with zero attached hydrogens (tertiary/aromatic N) is 2. The van der Waals surface area contributed by atoms with Crippen LogP contribution in [0.2, 0.25) is 0 Å². The van der Waals surface area contributed by atoms with Crippen LogP contribution >= 0.6 is 0 Å². The van der Waals surface area contributed by atoms with Crippen LogP contribution in [0.1, 0.15) is 51.9 Å². The van der Waals surface area contributed by atoms with Crippen LogP contribution in [0.4, 0.5) is 0 Å². The monoisotopic (exact) mass is 281 g/mol. The Morgan fingerprint density at radius 3 is 2.30 bits per heavy atom. The molecule has 1 heterocycles. The molecule has 0 aliphatic heterocycles. The molecule has 0 spiro atoms. The van der Waals surface area contributed by atoms with Crippen molar-refractivity contribution in [3.8, 4) is 0 Å². The molecule has 0 radical (unpaired) electrons. The third-order valence-electron chi connectivity index (χ3n) is 3.49. The summed E-state index contributed by atoms with van der Waals surface area (Å²) >= 11 is 0. The summed E-state index contributed by atoms with van der Waals surface area (Å²) in [5.74, 6) is 0. The summed E-state index contributed by atoms with van der Waals surface area (Å²) in [6.45, 7) is 3.48. The van der Waals surface area contributed by atoms with Gasteiger partial charge in [0.15, 0.2) is 0 Å². The molecule has 5 heteroatoms. The number of aryl methyl sites for hydroxylation is 1. The average Bonchev–Trinajstić information content (AvgIpc) is 2.44. The largest absolute Gasteiger partial charge is 0.331 e. The van der Waals surface area contributed by atoms with Gasteiger partial charge >= 0.3 is 5.69 Å². The second kappa shape index (κ2) is 9.53. The highest BCUT2D eigenvalue weighted by atomic mass is 16.2. The summed E-state index contributed by atoms with van der Waals surface area (Å²) in [6, 6.07) is 1.44. The zero-order valence-electron chi connectivity index (χ0n) is 12.5. The SMILES string of the molecule is CCCCCCCCCn1ccc(=O)n(CCN)c1=O. The number of nitrogens with two attached hydrogens (primary N) is 1. The Hall–Kier alpha value is -1.36. The fourth-order valence-electron chi connectivity index (χ4n) is 2.30. The number of hydrogen-bond acceptors (Lipinski definition) is 3. The van der Waals surface area contributed by atoms with Crippen LogP contribution < -0.4 is 17.0 Å². The average molecular weight is 281 g/mol. The smallest absolute Gasteiger partial charge is 0.329 e. The van der Waals surface area contributed by atoms with Gasteiger partial charge in [-0.1, -0.05) is 45.4 Å². The molecule has 0 amide bonds. The molecule has 0 bridgehead atoms. The van der Waals surface area contributed by atoms with E-state index in [2.05, 4.69) is 6.92 Å². The summed E-state index contributed by atoms with van der Waals surface area (Å²) in [6.07, 6.45) is 10.1. The third kappa shape index (κ3) is 5.33. The van der Waals surface area contributed by atoms with Crippen LogP contribution in [0.5, 0.6) is 0 Å². The van der Waals surface area contributed by atoms with E-state index in [9.17, 15) is 9.59 Å². The first-order chi connectivity index (χ1) is 9.70. The Labute approximate surface area is 120 Å². The maximum absolute atomic E-state index is 12.1. The lowest BCUT2D eigenvalue weighted by molar-refractivity contribution is 0.510. The molecule has 0 aliphatic carbocycles. The zero-order chi connectivity index (χ0) is 14.8. The van der Waals surface area contributed by atoms with E-state index in [1.54, 1.807) is 10.8 Å². The molecule has 0 aromatic carbocycles. The first-order valence-electron chi connectivity index (χ1n) is 7.71. The van der Waals surface area contributed by atoms with E-state index in [0.29, 0.717) is 13.1 Å².